The number of phenols is 2. The van der Waals surface area contributed by atoms with Crippen LogP contribution in [0.15, 0.2) is 84.9 Å². The van der Waals surface area contributed by atoms with Gasteiger partial charge in [-0.25, -0.2) is 0 Å². The molecule has 47 heavy (non-hydrogen) atoms. The molecule has 0 aliphatic carbocycles. The number of anilines is 2. The number of hydrogen-bond donors (Lipinski definition) is 7. The van der Waals surface area contributed by atoms with E-state index in [0.29, 0.717) is 30.8 Å². The fourth-order valence-corrected chi connectivity index (χ4v) is 5.39. The molecule has 4 aromatic carbocycles. The van der Waals surface area contributed by atoms with E-state index in [9.17, 15) is 20.1 Å². The van der Waals surface area contributed by atoms with Crippen molar-refractivity contribution in [3.8, 4) is 23.0 Å². The van der Waals surface area contributed by atoms with Crippen LogP contribution in [0.1, 0.15) is 48.2 Å². The maximum Gasteiger partial charge on any atom is 0.211 e. The molecule has 0 bridgehead atoms. The van der Waals surface area contributed by atoms with Gasteiger partial charge in [0.1, 0.15) is 23.0 Å². The molecular formula is C37H46N4O6. The van der Waals surface area contributed by atoms with Gasteiger partial charge in [-0.05, 0) is 97.5 Å². The van der Waals surface area contributed by atoms with Crippen molar-refractivity contribution in [1.82, 2.24) is 10.6 Å². The molecule has 0 heterocycles. The molecule has 1 amide bonds. The Kier molecular flexibility index (Phi) is 12.9. The lowest BCUT2D eigenvalue weighted by atomic mass is 10.0. The second-order valence-electron chi connectivity index (χ2n) is 11.8. The smallest absolute Gasteiger partial charge is 0.211 e. The zero-order valence-electron chi connectivity index (χ0n) is 27.4. The zero-order valence-corrected chi connectivity index (χ0v) is 27.4. The van der Waals surface area contributed by atoms with Gasteiger partial charge < -0.3 is 46.1 Å². The van der Waals surface area contributed by atoms with Crippen molar-refractivity contribution in [3.05, 3.63) is 107 Å². The number of amides is 1. The number of ether oxygens (including phenoxy) is 2. The lowest BCUT2D eigenvalue weighted by Gasteiger charge is -2.25. The summed E-state index contributed by atoms with van der Waals surface area (Å²) < 4.78 is 10.5. The van der Waals surface area contributed by atoms with E-state index in [1.807, 2.05) is 48.5 Å². The number of aliphatic hydroxyl groups excluding tert-OH is 1. The van der Waals surface area contributed by atoms with Crippen LogP contribution in [0, 0.1) is 0 Å². The number of nitrogens with one attached hydrogen (secondary N) is 4. The molecule has 0 saturated carbocycles. The zero-order chi connectivity index (χ0) is 33.8. The third-order valence-corrected chi connectivity index (χ3v) is 8.10. The molecule has 0 aliphatic heterocycles. The van der Waals surface area contributed by atoms with Gasteiger partial charge in [0.2, 0.25) is 6.41 Å². The first kappa shape index (κ1) is 35.1. The minimum Gasteiger partial charge on any atom is -0.506 e. The van der Waals surface area contributed by atoms with Crippen LogP contribution in [0.5, 0.6) is 23.0 Å². The number of carbonyl (C=O) groups excluding carboxylic acids is 1. The summed E-state index contributed by atoms with van der Waals surface area (Å²) in [4.78, 5) is 11.2. The molecule has 0 aliphatic rings. The molecule has 0 fully saturated rings. The molecule has 0 aromatic heterocycles. The highest BCUT2D eigenvalue weighted by Gasteiger charge is 2.19. The van der Waals surface area contributed by atoms with Crippen LogP contribution in [-0.2, 0) is 17.6 Å². The van der Waals surface area contributed by atoms with Crippen LogP contribution in [-0.4, -0.2) is 61.1 Å². The topological polar surface area (TPSA) is 144 Å². The lowest BCUT2D eigenvalue weighted by molar-refractivity contribution is -0.105. The Bertz CT molecular complexity index is 1560. The van der Waals surface area contributed by atoms with Crippen LogP contribution in [0.3, 0.4) is 0 Å². The normalized spacial score (nSPS) is 13.6. The number of carbonyl (C=O) groups is 1. The summed E-state index contributed by atoms with van der Waals surface area (Å²) in [5.41, 5.74) is 4.46. The summed E-state index contributed by atoms with van der Waals surface area (Å²) in [6, 6.07) is 25.7. The van der Waals surface area contributed by atoms with Gasteiger partial charge >= 0.3 is 0 Å². The average molecular weight is 643 g/mol. The van der Waals surface area contributed by atoms with Crippen molar-refractivity contribution >= 4 is 17.8 Å². The van der Waals surface area contributed by atoms with E-state index in [1.165, 1.54) is 6.07 Å². The van der Waals surface area contributed by atoms with E-state index in [2.05, 4.69) is 35.1 Å². The largest absolute Gasteiger partial charge is 0.506 e. The summed E-state index contributed by atoms with van der Waals surface area (Å²) in [6.45, 7) is 4.95. The Hall–Kier alpha value is -4.77. The fraction of sp³-hybridized carbons (Fsp3) is 0.324. The Labute approximate surface area is 276 Å². The number of rotatable bonds is 18. The van der Waals surface area contributed by atoms with Crippen molar-refractivity contribution in [2.24, 2.45) is 0 Å². The molecule has 4 atom stereocenters. The van der Waals surface area contributed by atoms with Crippen LogP contribution < -0.4 is 30.7 Å². The Morgan fingerprint density at radius 2 is 1.17 bits per heavy atom. The number of methoxy groups -OCH3 is 2. The molecule has 0 spiro atoms. The Morgan fingerprint density at radius 1 is 0.681 bits per heavy atom. The number of aliphatic hydroxyl groups is 1. The maximum atomic E-state index is 11.2. The predicted molar refractivity (Wildman–Crippen MR) is 186 cm³/mol. The minimum atomic E-state index is -0.812. The second-order valence-corrected chi connectivity index (χ2v) is 11.8. The van der Waals surface area contributed by atoms with Crippen LogP contribution >= 0.6 is 0 Å². The molecular weight excluding hydrogens is 596 g/mol. The number of phenolic OH excluding ortho intramolecular Hbond substituents is 2. The summed E-state index contributed by atoms with van der Waals surface area (Å²) in [6.07, 6.45) is 1.27. The van der Waals surface area contributed by atoms with Gasteiger partial charge in [0.25, 0.3) is 0 Å². The third-order valence-electron chi connectivity index (χ3n) is 8.10. The van der Waals surface area contributed by atoms with Crippen molar-refractivity contribution in [3.63, 3.8) is 0 Å². The second kappa shape index (κ2) is 17.2. The predicted octanol–water partition coefficient (Wildman–Crippen LogP) is 5.31. The van der Waals surface area contributed by atoms with Crippen LogP contribution in [0.2, 0.25) is 0 Å². The first-order valence-electron chi connectivity index (χ1n) is 15.7. The summed E-state index contributed by atoms with van der Waals surface area (Å²) >= 11 is 0. The highest BCUT2D eigenvalue weighted by molar-refractivity contribution is 5.75. The SMILES string of the molecule is COc1ccc(CC(C)NCC(O)c2ccc(O)c(NC(CNC(C)Cc3ccc(OC)cc3)c3ccc(O)c(NC=O)c3)c2)cc1. The maximum absolute atomic E-state index is 11.2. The summed E-state index contributed by atoms with van der Waals surface area (Å²) in [5.74, 6) is 1.59. The lowest BCUT2D eigenvalue weighted by Crippen LogP contribution is -2.34. The molecule has 4 unspecified atom stereocenters. The molecule has 0 saturated heterocycles. The van der Waals surface area contributed by atoms with Gasteiger partial charge in [0, 0.05) is 25.2 Å². The van der Waals surface area contributed by atoms with Gasteiger partial charge in [-0.2, -0.15) is 0 Å². The molecule has 4 aromatic rings. The van der Waals surface area contributed by atoms with Crippen molar-refractivity contribution < 1.29 is 29.6 Å². The van der Waals surface area contributed by atoms with Crippen molar-refractivity contribution in [2.75, 3.05) is 37.9 Å². The fourth-order valence-electron chi connectivity index (χ4n) is 5.39. The van der Waals surface area contributed by atoms with Crippen molar-refractivity contribution in [1.29, 1.82) is 0 Å². The van der Waals surface area contributed by atoms with Crippen molar-refractivity contribution in [2.45, 2.75) is 50.9 Å². The van der Waals surface area contributed by atoms with Crippen LogP contribution in [0.25, 0.3) is 0 Å². The summed E-state index contributed by atoms with van der Waals surface area (Å²) in [5, 5.41) is 45.1. The standard InChI is InChI=1S/C37H46N4O6/c1-24(17-26-5-11-30(46-3)12-6-26)38-21-34(28-9-15-35(43)32(19-28)40-23-42)41-33-20-29(10-16-36(33)44)37(45)22-39-25(2)18-27-7-13-31(47-4)14-8-27/h5-16,19-20,23-25,34,37-39,41,43-45H,17-18,21-22H2,1-4H3,(H,40,42). The molecule has 0 radical (unpaired) electrons. The van der Waals surface area contributed by atoms with Gasteiger partial charge in [-0.1, -0.05) is 36.4 Å². The third kappa shape index (κ3) is 10.4. The molecule has 4 rings (SSSR count). The number of aromatic hydroxyl groups is 2. The van der Waals surface area contributed by atoms with E-state index < -0.39 is 6.10 Å². The average Bonchev–Trinajstić information content (AvgIpc) is 3.08. The highest BCUT2D eigenvalue weighted by Crippen LogP contribution is 2.33. The first-order chi connectivity index (χ1) is 22.7. The number of hydrogen-bond acceptors (Lipinski definition) is 9. The van der Waals surface area contributed by atoms with Gasteiger partial charge in [-0.3, -0.25) is 4.79 Å². The molecule has 250 valence electrons. The highest BCUT2D eigenvalue weighted by atomic mass is 16.5. The Morgan fingerprint density at radius 3 is 1.70 bits per heavy atom. The van der Waals surface area contributed by atoms with E-state index >= 15 is 0 Å². The van der Waals surface area contributed by atoms with Crippen LogP contribution in [0.4, 0.5) is 11.4 Å². The quantitative estimate of drug-likeness (QED) is 0.0567. The monoisotopic (exact) mass is 642 g/mol. The molecule has 10 nitrogen and oxygen atoms in total. The van der Waals surface area contributed by atoms with E-state index in [4.69, 9.17) is 9.47 Å². The Balaban J connectivity index is 1.46. The minimum absolute atomic E-state index is 0.0306. The van der Waals surface area contributed by atoms with E-state index in [1.54, 1.807) is 44.6 Å². The van der Waals surface area contributed by atoms with E-state index in [-0.39, 0.29) is 35.3 Å². The van der Waals surface area contributed by atoms with Gasteiger partial charge in [-0.15, -0.1) is 0 Å². The van der Waals surface area contributed by atoms with E-state index in [0.717, 1.165) is 41.0 Å². The summed E-state index contributed by atoms with van der Waals surface area (Å²) in [7, 11) is 3.28. The molecule has 10 heteroatoms. The number of benzene rings is 4. The first-order valence-corrected chi connectivity index (χ1v) is 15.7. The van der Waals surface area contributed by atoms with Gasteiger partial charge in [0.15, 0.2) is 0 Å². The molecule has 7 N–H and O–H groups in total. The van der Waals surface area contributed by atoms with Gasteiger partial charge in [0.05, 0.1) is 37.7 Å².